The van der Waals surface area contributed by atoms with E-state index in [1.54, 1.807) is 32.1 Å². The first-order chi connectivity index (χ1) is 9.76. The molecule has 0 bridgehead atoms. The van der Waals surface area contributed by atoms with Crippen molar-refractivity contribution in [1.29, 1.82) is 0 Å². The number of hydrogen-bond acceptors (Lipinski definition) is 4. The van der Waals surface area contributed by atoms with Crippen molar-refractivity contribution in [3.8, 4) is 0 Å². The van der Waals surface area contributed by atoms with Crippen molar-refractivity contribution in [2.75, 3.05) is 18.8 Å². The number of hydrogen-bond donors (Lipinski definition) is 2. The van der Waals surface area contributed by atoms with Gasteiger partial charge in [-0.05, 0) is 50.1 Å². The van der Waals surface area contributed by atoms with Crippen molar-refractivity contribution in [1.82, 2.24) is 10.6 Å². The number of nitrogens with one attached hydrogen (secondary N) is 2. The molecule has 0 radical (unpaired) electrons. The second-order valence-corrected chi connectivity index (χ2v) is 9.33. The summed E-state index contributed by atoms with van der Waals surface area (Å²) >= 11 is 1.64. The minimum absolute atomic E-state index is 0.0966. The molecule has 0 unspecified atom stereocenters. The third-order valence-electron chi connectivity index (χ3n) is 2.94. The molecule has 0 spiro atoms. The molecule has 2 N–H and O–H groups in total. The quantitative estimate of drug-likeness (QED) is 0.618. The molecular weight excluding hydrogens is 306 g/mol. The van der Waals surface area contributed by atoms with Gasteiger partial charge in [0.15, 0.2) is 15.8 Å². The summed E-state index contributed by atoms with van der Waals surface area (Å²) in [5, 5.41) is 10.3. The van der Waals surface area contributed by atoms with Crippen LogP contribution in [0.25, 0.3) is 0 Å². The highest BCUT2D eigenvalue weighted by Gasteiger charge is 2.28. The minimum atomic E-state index is -3.11. The summed E-state index contributed by atoms with van der Waals surface area (Å²) in [4.78, 5) is 4.44. The van der Waals surface area contributed by atoms with Crippen LogP contribution in [0.5, 0.6) is 0 Å². The molecule has 0 atom stereocenters. The zero-order chi connectivity index (χ0) is 15.9. The van der Waals surface area contributed by atoms with Crippen LogP contribution in [0.15, 0.2) is 21.8 Å². The Balaban J connectivity index is 2.54. The standard InChI is InChI=1S/C14H25N3O2S2/c1-5-15-13(17-10-12-6-8-20-11-12)16-7-9-21(18,19)14(2,3)4/h6,8,11H,5,7,9-10H2,1-4H3,(H2,15,16,17). The average molecular weight is 332 g/mol. The van der Waals surface area contributed by atoms with Crippen LogP contribution < -0.4 is 10.6 Å². The van der Waals surface area contributed by atoms with Crippen LogP contribution in [0, 0.1) is 0 Å². The maximum absolute atomic E-state index is 12.0. The molecule has 0 amide bonds. The van der Waals surface area contributed by atoms with Crippen molar-refractivity contribution >= 4 is 27.1 Å². The Labute approximate surface area is 131 Å². The van der Waals surface area contributed by atoms with E-state index in [-0.39, 0.29) is 5.75 Å². The zero-order valence-electron chi connectivity index (χ0n) is 13.1. The van der Waals surface area contributed by atoms with Gasteiger partial charge in [0.1, 0.15) is 0 Å². The van der Waals surface area contributed by atoms with Gasteiger partial charge in [-0.3, -0.25) is 0 Å². The summed E-state index contributed by atoms with van der Waals surface area (Å²) in [6.07, 6.45) is 0. The molecule has 0 saturated heterocycles. The Morgan fingerprint density at radius 1 is 1.33 bits per heavy atom. The Hall–Kier alpha value is -1.08. The van der Waals surface area contributed by atoms with Gasteiger partial charge in [0, 0.05) is 13.1 Å². The normalized spacial score (nSPS) is 13.2. The third kappa shape index (κ3) is 6.05. The molecule has 0 aliphatic heterocycles. The smallest absolute Gasteiger partial charge is 0.191 e. The Morgan fingerprint density at radius 2 is 2.05 bits per heavy atom. The number of guanidine groups is 1. The lowest BCUT2D eigenvalue weighted by Crippen LogP contribution is -2.41. The highest BCUT2D eigenvalue weighted by molar-refractivity contribution is 7.92. The Morgan fingerprint density at radius 3 is 2.57 bits per heavy atom. The fourth-order valence-electron chi connectivity index (χ4n) is 1.50. The minimum Gasteiger partial charge on any atom is -0.357 e. The van der Waals surface area contributed by atoms with E-state index in [1.165, 1.54) is 0 Å². The van der Waals surface area contributed by atoms with Gasteiger partial charge in [-0.2, -0.15) is 11.3 Å². The third-order valence-corrected chi connectivity index (χ3v) is 6.28. The summed E-state index contributed by atoms with van der Waals surface area (Å²) in [6, 6.07) is 2.03. The van der Waals surface area contributed by atoms with Gasteiger partial charge in [-0.1, -0.05) is 0 Å². The molecule has 0 aromatic carbocycles. The number of nitrogens with zero attached hydrogens (tertiary/aromatic N) is 1. The van der Waals surface area contributed by atoms with Gasteiger partial charge < -0.3 is 10.6 Å². The molecule has 120 valence electrons. The van der Waals surface area contributed by atoms with E-state index in [1.807, 2.05) is 18.4 Å². The van der Waals surface area contributed by atoms with Crippen LogP contribution in [0.1, 0.15) is 33.3 Å². The SMILES string of the molecule is CCNC(=NCc1ccsc1)NCCS(=O)(=O)C(C)(C)C. The Bertz CT molecular complexity index is 543. The monoisotopic (exact) mass is 331 g/mol. The van der Waals surface area contributed by atoms with Crippen LogP contribution in [0.4, 0.5) is 0 Å². The molecule has 7 heteroatoms. The molecule has 21 heavy (non-hydrogen) atoms. The topological polar surface area (TPSA) is 70.6 Å². The number of aliphatic imine (C=N–C) groups is 1. The van der Waals surface area contributed by atoms with Crippen LogP contribution >= 0.6 is 11.3 Å². The van der Waals surface area contributed by atoms with E-state index in [9.17, 15) is 8.42 Å². The molecule has 1 aromatic heterocycles. The zero-order valence-corrected chi connectivity index (χ0v) is 14.8. The van der Waals surface area contributed by atoms with Crippen LogP contribution in [0.3, 0.4) is 0 Å². The second-order valence-electron chi connectivity index (χ2n) is 5.68. The highest BCUT2D eigenvalue weighted by atomic mass is 32.2. The van der Waals surface area contributed by atoms with Gasteiger partial charge in [0.25, 0.3) is 0 Å². The summed E-state index contributed by atoms with van der Waals surface area (Å²) in [5.74, 6) is 0.743. The number of rotatable bonds is 6. The van der Waals surface area contributed by atoms with Gasteiger partial charge in [0.05, 0.1) is 17.0 Å². The first-order valence-electron chi connectivity index (χ1n) is 7.02. The van der Waals surface area contributed by atoms with Gasteiger partial charge in [-0.25, -0.2) is 13.4 Å². The number of sulfone groups is 1. The maximum Gasteiger partial charge on any atom is 0.191 e. The van der Waals surface area contributed by atoms with E-state index in [4.69, 9.17) is 0 Å². The largest absolute Gasteiger partial charge is 0.357 e. The van der Waals surface area contributed by atoms with Crippen molar-refractivity contribution in [3.63, 3.8) is 0 Å². The van der Waals surface area contributed by atoms with Crippen molar-refractivity contribution in [3.05, 3.63) is 22.4 Å². The van der Waals surface area contributed by atoms with Gasteiger partial charge in [-0.15, -0.1) is 0 Å². The predicted molar refractivity (Wildman–Crippen MR) is 90.7 cm³/mol. The lowest BCUT2D eigenvalue weighted by molar-refractivity contribution is 0.559. The predicted octanol–water partition coefficient (Wildman–Crippen LogP) is 2.02. The van der Waals surface area contributed by atoms with E-state index in [0.29, 0.717) is 19.0 Å². The van der Waals surface area contributed by atoms with Crippen LogP contribution in [0.2, 0.25) is 0 Å². The fourth-order valence-corrected chi connectivity index (χ4v) is 3.15. The number of thiophene rings is 1. The van der Waals surface area contributed by atoms with Crippen molar-refractivity contribution in [2.24, 2.45) is 4.99 Å². The van der Waals surface area contributed by atoms with Crippen molar-refractivity contribution in [2.45, 2.75) is 39.0 Å². The maximum atomic E-state index is 12.0. The van der Waals surface area contributed by atoms with Gasteiger partial charge >= 0.3 is 0 Å². The van der Waals surface area contributed by atoms with Crippen LogP contribution in [-0.2, 0) is 16.4 Å². The molecule has 1 rings (SSSR count). The first kappa shape index (κ1) is 18.0. The lowest BCUT2D eigenvalue weighted by atomic mass is 10.3. The average Bonchev–Trinajstić information content (AvgIpc) is 2.87. The molecule has 0 aliphatic carbocycles. The summed E-state index contributed by atoms with van der Waals surface area (Å²) in [6.45, 7) is 8.82. The van der Waals surface area contributed by atoms with E-state index < -0.39 is 14.6 Å². The lowest BCUT2D eigenvalue weighted by Gasteiger charge is -2.19. The van der Waals surface area contributed by atoms with E-state index >= 15 is 0 Å². The first-order valence-corrected chi connectivity index (χ1v) is 9.61. The molecular formula is C14H25N3O2S2. The van der Waals surface area contributed by atoms with Gasteiger partial charge in [0.2, 0.25) is 0 Å². The summed E-state index contributed by atoms with van der Waals surface area (Å²) in [5.41, 5.74) is 1.15. The molecule has 1 heterocycles. The van der Waals surface area contributed by atoms with E-state index in [2.05, 4.69) is 21.0 Å². The van der Waals surface area contributed by atoms with E-state index in [0.717, 1.165) is 12.1 Å². The molecule has 1 aromatic rings. The highest BCUT2D eigenvalue weighted by Crippen LogP contribution is 2.15. The Kier molecular flexibility index (Phi) is 6.67. The summed E-state index contributed by atoms with van der Waals surface area (Å²) in [7, 11) is -3.11. The molecule has 0 aliphatic rings. The molecule has 0 fully saturated rings. The summed E-state index contributed by atoms with van der Waals surface area (Å²) < 4.78 is 23.4. The molecule has 5 nitrogen and oxygen atoms in total. The van der Waals surface area contributed by atoms with Crippen molar-refractivity contribution < 1.29 is 8.42 Å². The molecule has 0 saturated carbocycles. The van der Waals surface area contributed by atoms with Crippen LogP contribution in [-0.4, -0.2) is 38.0 Å². The second kappa shape index (κ2) is 7.79. The fraction of sp³-hybridized carbons (Fsp3) is 0.643.